The normalized spacial score (nSPS) is 10.7. The third kappa shape index (κ3) is 4.77. The molecule has 1 amide bonds. The molecule has 8 heteroatoms. The number of rotatable bonds is 6. The summed E-state index contributed by atoms with van der Waals surface area (Å²) in [6.45, 7) is 0. The molecular formula is C19H15N3O4S. The summed E-state index contributed by atoms with van der Waals surface area (Å²) in [4.78, 5) is 26.7. The zero-order chi connectivity index (χ0) is 19.2. The Morgan fingerprint density at radius 3 is 2.74 bits per heavy atom. The molecule has 0 aliphatic carbocycles. The number of methoxy groups -OCH3 is 1. The van der Waals surface area contributed by atoms with E-state index in [1.165, 1.54) is 35.6 Å². The predicted molar refractivity (Wildman–Crippen MR) is 105 cm³/mol. The minimum Gasteiger partial charge on any atom is -0.497 e. The lowest BCUT2D eigenvalue weighted by Crippen LogP contribution is -2.07. The first-order chi connectivity index (χ1) is 13.0. The fourth-order valence-electron chi connectivity index (χ4n) is 2.29. The van der Waals surface area contributed by atoms with E-state index in [0.717, 1.165) is 17.0 Å². The number of hydrogen-bond acceptors (Lipinski definition) is 6. The minimum absolute atomic E-state index is 0.0263. The summed E-state index contributed by atoms with van der Waals surface area (Å²) in [5.41, 5.74) is 2.21. The first kappa shape index (κ1) is 18.3. The van der Waals surface area contributed by atoms with Crippen molar-refractivity contribution in [2.45, 2.75) is 0 Å². The van der Waals surface area contributed by atoms with Gasteiger partial charge in [0.15, 0.2) is 5.13 Å². The maximum absolute atomic E-state index is 12.1. The highest BCUT2D eigenvalue weighted by atomic mass is 32.1. The number of carbonyl (C=O) groups is 1. The smallest absolute Gasteiger partial charge is 0.270 e. The third-order valence-electron chi connectivity index (χ3n) is 3.63. The van der Waals surface area contributed by atoms with Gasteiger partial charge in [-0.15, -0.1) is 11.3 Å². The van der Waals surface area contributed by atoms with E-state index in [0.29, 0.717) is 10.7 Å². The van der Waals surface area contributed by atoms with Crippen molar-refractivity contribution in [1.29, 1.82) is 0 Å². The molecule has 1 aromatic heterocycles. The number of ether oxygens (including phenoxy) is 1. The molecule has 0 aliphatic rings. The van der Waals surface area contributed by atoms with Crippen molar-refractivity contribution < 1.29 is 14.5 Å². The fraction of sp³-hybridized carbons (Fsp3) is 0.0526. The number of carbonyl (C=O) groups excluding carboxylic acids is 1. The van der Waals surface area contributed by atoms with Crippen LogP contribution in [-0.2, 0) is 4.79 Å². The molecule has 7 nitrogen and oxygen atoms in total. The summed E-state index contributed by atoms with van der Waals surface area (Å²) in [5.74, 6) is 0.394. The van der Waals surface area contributed by atoms with Crippen LogP contribution in [0.4, 0.5) is 10.8 Å². The second kappa shape index (κ2) is 8.24. The number of amides is 1. The van der Waals surface area contributed by atoms with Crippen LogP contribution >= 0.6 is 11.3 Å². The zero-order valence-electron chi connectivity index (χ0n) is 14.3. The second-order valence-corrected chi connectivity index (χ2v) is 6.30. The van der Waals surface area contributed by atoms with E-state index in [9.17, 15) is 14.9 Å². The molecule has 0 fully saturated rings. The molecule has 0 atom stereocenters. The Bertz CT molecular complexity index is 996. The Morgan fingerprint density at radius 2 is 2.04 bits per heavy atom. The van der Waals surface area contributed by atoms with Gasteiger partial charge in [-0.05, 0) is 35.9 Å². The molecule has 2 aromatic carbocycles. The number of nitro groups is 1. The number of nitro benzene ring substituents is 1. The standard InChI is InChI=1S/C19H15N3O4S/c1-26-16-8-6-14(7-9-16)17-12-27-19(20-17)21-18(23)10-5-13-3-2-4-15(11-13)22(24)25/h2-12H,1H3,(H,20,21,23)/b10-5+. The maximum Gasteiger partial charge on any atom is 0.270 e. The summed E-state index contributed by atoms with van der Waals surface area (Å²) in [6, 6.07) is 13.5. The number of aromatic nitrogens is 1. The van der Waals surface area contributed by atoms with Crippen LogP contribution in [-0.4, -0.2) is 22.9 Å². The van der Waals surface area contributed by atoms with Crippen LogP contribution in [0.15, 0.2) is 60.0 Å². The quantitative estimate of drug-likeness (QED) is 0.388. The summed E-state index contributed by atoms with van der Waals surface area (Å²) in [5, 5.41) is 15.8. The van der Waals surface area contributed by atoms with Crippen LogP contribution < -0.4 is 10.1 Å². The Labute approximate surface area is 159 Å². The summed E-state index contributed by atoms with van der Waals surface area (Å²) in [7, 11) is 1.60. The number of nitrogens with zero attached hydrogens (tertiary/aromatic N) is 2. The van der Waals surface area contributed by atoms with Gasteiger partial charge >= 0.3 is 0 Å². The van der Waals surface area contributed by atoms with Crippen molar-refractivity contribution in [3.05, 3.63) is 75.7 Å². The molecule has 3 aromatic rings. The summed E-state index contributed by atoms with van der Waals surface area (Å²) >= 11 is 1.31. The third-order valence-corrected chi connectivity index (χ3v) is 4.39. The van der Waals surface area contributed by atoms with Gasteiger partial charge in [-0.1, -0.05) is 12.1 Å². The van der Waals surface area contributed by atoms with Crippen molar-refractivity contribution in [1.82, 2.24) is 4.98 Å². The van der Waals surface area contributed by atoms with Gasteiger partial charge in [-0.3, -0.25) is 20.2 Å². The van der Waals surface area contributed by atoms with Crippen LogP contribution in [0.3, 0.4) is 0 Å². The zero-order valence-corrected chi connectivity index (χ0v) is 15.1. The minimum atomic E-state index is -0.478. The molecule has 1 heterocycles. The Balaban J connectivity index is 1.65. The van der Waals surface area contributed by atoms with Crippen LogP contribution in [0, 0.1) is 10.1 Å². The highest BCUT2D eigenvalue weighted by Gasteiger charge is 2.07. The predicted octanol–water partition coefficient (Wildman–Crippen LogP) is 4.38. The van der Waals surface area contributed by atoms with Gasteiger partial charge in [-0.2, -0.15) is 0 Å². The lowest BCUT2D eigenvalue weighted by atomic mass is 10.2. The van der Waals surface area contributed by atoms with Crippen LogP contribution in [0.2, 0.25) is 0 Å². The molecule has 0 aliphatic heterocycles. The Kier molecular flexibility index (Phi) is 5.58. The Morgan fingerprint density at radius 1 is 1.26 bits per heavy atom. The van der Waals surface area contributed by atoms with Crippen LogP contribution in [0.5, 0.6) is 5.75 Å². The molecule has 1 N–H and O–H groups in total. The number of benzene rings is 2. The van der Waals surface area contributed by atoms with E-state index in [4.69, 9.17) is 4.74 Å². The number of thiazole rings is 1. The van der Waals surface area contributed by atoms with Gasteiger partial charge in [0.05, 0.1) is 17.7 Å². The number of anilines is 1. The van der Waals surface area contributed by atoms with Gasteiger partial charge in [0.2, 0.25) is 5.91 Å². The molecule has 0 saturated heterocycles. The van der Waals surface area contributed by atoms with E-state index < -0.39 is 4.92 Å². The molecule has 3 rings (SSSR count). The topological polar surface area (TPSA) is 94.4 Å². The van der Waals surface area contributed by atoms with Crippen LogP contribution in [0.1, 0.15) is 5.56 Å². The summed E-state index contributed by atoms with van der Waals surface area (Å²) in [6.07, 6.45) is 2.83. The van der Waals surface area contributed by atoms with E-state index in [1.54, 1.807) is 19.2 Å². The van der Waals surface area contributed by atoms with E-state index in [-0.39, 0.29) is 11.6 Å². The van der Waals surface area contributed by atoms with Gasteiger partial charge < -0.3 is 4.74 Å². The average Bonchev–Trinajstić information content (AvgIpc) is 3.15. The van der Waals surface area contributed by atoms with E-state index in [2.05, 4.69) is 10.3 Å². The molecular weight excluding hydrogens is 366 g/mol. The maximum atomic E-state index is 12.1. The fourth-order valence-corrected chi connectivity index (χ4v) is 3.01. The number of non-ortho nitro benzene ring substituents is 1. The van der Waals surface area contributed by atoms with Crippen LogP contribution in [0.25, 0.3) is 17.3 Å². The van der Waals surface area contributed by atoms with Gasteiger partial charge in [0, 0.05) is 29.2 Å². The van der Waals surface area contributed by atoms with Crippen molar-refractivity contribution in [2.24, 2.45) is 0 Å². The van der Waals surface area contributed by atoms with Crippen molar-refractivity contribution in [3.8, 4) is 17.0 Å². The molecule has 0 radical (unpaired) electrons. The Hall–Kier alpha value is -3.52. The lowest BCUT2D eigenvalue weighted by molar-refractivity contribution is -0.384. The average molecular weight is 381 g/mol. The first-order valence-corrected chi connectivity index (χ1v) is 8.76. The second-order valence-electron chi connectivity index (χ2n) is 5.44. The highest BCUT2D eigenvalue weighted by molar-refractivity contribution is 7.14. The molecule has 0 spiro atoms. The first-order valence-electron chi connectivity index (χ1n) is 7.88. The summed E-state index contributed by atoms with van der Waals surface area (Å²) < 4.78 is 5.13. The van der Waals surface area contributed by atoms with Crippen molar-refractivity contribution in [3.63, 3.8) is 0 Å². The monoisotopic (exact) mass is 381 g/mol. The van der Waals surface area contributed by atoms with Crippen molar-refractivity contribution >= 4 is 34.1 Å². The van der Waals surface area contributed by atoms with Gasteiger partial charge in [0.1, 0.15) is 5.75 Å². The molecule has 0 unspecified atom stereocenters. The van der Waals surface area contributed by atoms with Gasteiger partial charge in [-0.25, -0.2) is 4.98 Å². The number of hydrogen-bond donors (Lipinski definition) is 1. The van der Waals surface area contributed by atoms with E-state index >= 15 is 0 Å². The molecule has 0 saturated carbocycles. The lowest BCUT2D eigenvalue weighted by Gasteiger charge is -2.00. The van der Waals surface area contributed by atoms with Crippen molar-refractivity contribution in [2.75, 3.05) is 12.4 Å². The molecule has 136 valence electrons. The largest absolute Gasteiger partial charge is 0.497 e. The highest BCUT2D eigenvalue weighted by Crippen LogP contribution is 2.26. The van der Waals surface area contributed by atoms with E-state index in [1.807, 2.05) is 29.6 Å². The number of nitrogens with one attached hydrogen (secondary N) is 1. The molecule has 27 heavy (non-hydrogen) atoms. The SMILES string of the molecule is COc1ccc(-c2csc(NC(=O)/C=C/c3cccc([N+](=O)[O-])c3)n2)cc1. The van der Waals surface area contributed by atoms with Gasteiger partial charge in [0.25, 0.3) is 5.69 Å². The molecule has 0 bridgehead atoms.